The number of hydrogen-bond acceptors (Lipinski definition) is 2. The minimum atomic E-state index is -0.278. The molecule has 2 nitrogen and oxygen atoms in total. The number of aliphatic hydroxyl groups is 1. The third-order valence-corrected chi connectivity index (χ3v) is 3.05. The highest BCUT2D eigenvalue weighted by Gasteiger charge is 2.11. The summed E-state index contributed by atoms with van der Waals surface area (Å²) in [6, 6.07) is 5.84. The molecule has 1 atom stereocenters. The maximum atomic E-state index is 9.97. The van der Waals surface area contributed by atoms with Gasteiger partial charge in [-0.2, -0.15) is 0 Å². The molecule has 2 heteroatoms. The van der Waals surface area contributed by atoms with E-state index in [1.54, 1.807) is 6.20 Å². The van der Waals surface area contributed by atoms with Crippen LogP contribution in [0.25, 0.3) is 0 Å². The summed E-state index contributed by atoms with van der Waals surface area (Å²) in [5.41, 5.74) is 2.40. The lowest BCUT2D eigenvalue weighted by Crippen LogP contribution is -2.13. The molecule has 1 aliphatic rings. The predicted molar refractivity (Wildman–Crippen MR) is 65.1 cm³/mol. The van der Waals surface area contributed by atoms with Gasteiger partial charge in [-0.15, -0.1) is 0 Å². The second-order valence-electron chi connectivity index (χ2n) is 4.49. The van der Waals surface area contributed by atoms with E-state index in [9.17, 15) is 5.11 Å². The highest BCUT2D eigenvalue weighted by atomic mass is 16.3. The van der Waals surface area contributed by atoms with Crippen LogP contribution in [0.1, 0.15) is 37.8 Å². The van der Waals surface area contributed by atoms with Gasteiger partial charge in [0.15, 0.2) is 0 Å². The van der Waals surface area contributed by atoms with Crippen molar-refractivity contribution in [3.8, 4) is 0 Å². The van der Waals surface area contributed by atoms with E-state index in [0.717, 1.165) is 12.1 Å². The van der Waals surface area contributed by atoms with Crippen LogP contribution >= 0.6 is 0 Å². The third-order valence-electron chi connectivity index (χ3n) is 3.05. The second-order valence-corrected chi connectivity index (χ2v) is 4.49. The SMILES string of the molecule is OC(CC1=CCCCC1)Cc1ccccn1. The van der Waals surface area contributed by atoms with Crippen molar-refractivity contribution in [2.75, 3.05) is 0 Å². The maximum Gasteiger partial charge on any atom is 0.0632 e. The second kappa shape index (κ2) is 5.80. The molecule has 0 amide bonds. The fourth-order valence-electron chi connectivity index (χ4n) is 2.23. The molecule has 0 spiro atoms. The Bertz CT molecular complexity index is 345. The first kappa shape index (κ1) is 11.3. The Morgan fingerprint density at radius 1 is 1.25 bits per heavy atom. The fourth-order valence-corrected chi connectivity index (χ4v) is 2.23. The summed E-state index contributed by atoms with van der Waals surface area (Å²) in [4.78, 5) is 4.23. The number of nitrogens with zero attached hydrogens (tertiary/aromatic N) is 1. The zero-order valence-electron chi connectivity index (χ0n) is 9.60. The number of rotatable bonds is 4. The van der Waals surface area contributed by atoms with Gasteiger partial charge in [0.2, 0.25) is 0 Å². The Kier molecular flexibility index (Phi) is 4.11. The van der Waals surface area contributed by atoms with Gasteiger partial charge in [0.1, 0.15) is 0 Å². The summed E-state index contributed by atoms with van der Waals surface area (Å²) < 4.78 is 0. The van der Waals surface area contributed by atoms with Gasteiger partial charge in [0, 0.05) is 18.3 Å². The summed E-state index contributed by atoms with van der Waals surface area (Å²) in [5.74, 6) is 0. The van der Waals surface area contributed by atoms with Crippen LogP contribution in [0.3, 0.4) is 0 Å². The molecule has 16 heavy (non-hydrogen) atoms. The number of allylic oxidation sites excluding steroid dienone is 1. The van der Waals surface area contributed by atoms with E-state index < -0.39 is 0 Å². The van der Waals surface area contributed by atoms with Gasteiger partial charge in [-0.1, -0.05) is 17.7 Å². The molecule has 86 valence electrons. The molecule has 2 rings (SSSR count). The third kappa shape index (κ3) is 3.46. The van der Waals surface area contributed by atoms with E-state index in [1.807, 2.05) is 18.2 Å². The van der Waals surface area contributed by atoms with E-state index in [-0.39, 0.29) is 6.10 Å². The monoisotopic (exact) mass is 217 g/mol. The van der Waals surface area contributed by atoms with Crippen LogP contribution in [0.4, 0.5) is 0 Å². The lowest BCUT2D eigenvalue weighted by Gasteiger charge is -2.16. The number of aliphatic hydroxyl groups excluding tert-OH is 1. The van der Waals surface area contributed by atoms with Crippen LogP contribution in [0, 0.1) is 0 Å². The number of pyridine rings is 1. The maximum absolute atomic E-state index is 9.97. The van der Waals surface area contributed by atoms with Crippen molar-refractivity contribution in [1.29, 1.82) is 0 Å². The first-order valence-corrected chi connectivity index (χ1v) is 6.10. The normalized spacial score (nSPS) is 17.9. The Hall–Kier alpha value is -1.15. The standard InChI is InChI=1S/C14H19NO/c16-14(10-12-6-2-1-3-7-12)11-13-8-4-5-9-15-13/h4-6,8-9,14,16H,1-3,7,10-11H2. The highest BCUT2D eigenvalue weighted by Crippen LogP contribution is 2.22. The number of hydrogen-bond donors (Lipinski definition) is 1. The van der Waals surface area contributed by atoms with Gasteiger partial charge in [0.25, 0.3) is 0 Å². The first-order chi connectivity index (χ1) is 7.84. The molecule has 1 aliphatic carbocycles. The molecule has 0 fully saturated rings. The summed E-state index contributed by atoms with van der Waals surface area (Å²) in [5, 5.41) is 9.97. The van der Waals surface area contributed by atoms with Gasteiger partial charge in [-0.25, -0.2) is 0 Å². The molecule has 1 aromatic rings. The van der Waals surface area contributed by atoms with Crippen molar-refractivity contribution in [1.82, 2.24) is 4.98 Å². The Morgan fingerprint density at radius 2 is 2.19 bits per heavy atom. The van der Waals surface area contributed by atoms with E-state index >= 15 is 0 Å². The molecule has 1 aromatic heterocycles. The van der Waals surface area contributed by atoms with Gasteiger partial charge < -0.3 is 5.11 Å². The van der Waals surface area contributed by atoms with Crippen molar-refractivity contribution in [3.63, 3.8) is 0 Å². The van der Waals surface area contributed by atoms with Crippen LogP contribution in [0.2, 0.25) is 0 Å². The van der Waals surface area contributed by atoms with Crippen LogP contribution in [0.15, 0.2) is 36.0 Å². The highest BCUT2D eigenvalue weighted by molar-refractivity contribution is 5.09. The van der Waals surface area contributed by atoms with Crippen LogP contribution in [-0.2, 0) is 6.42 Å². The van der Waals surface area contributed by atoms with Gasteiger partial charge >= 0.3 is 0 Å². The molecule has 1 N–H and O–H groups in total. The quantitative estimate of drug-likeness (QED) is 0.787. The van der Waals surface area contributed by atoms with Crippen molar-refractivity contribution < 1.29 is 5.11 Å². The fraction of sp³-hybridized carbons (Fsp3) is 0.500. The van der Waals surface area contributed by atoms with Crippen LogP contribution in [-0.4, -0.2) is 16.2 Å². The first-order valence-electron chi connectivity index (χ1n) is 6.10. The molecule has 0 aliphatic heterocycles. The molecule has 0 aromatic carbocycles. The summed E-state index contributed by atoms with van der Waals surface area (Å²) in [6.07, 6.45) is 10.2. The molecule has 0 saturated carbocycles. The minimum absolute atomic E-state index is 0.278. The van der Waals surface area contributed by atoms with Crippen molar-refractivity contribution in [2.24, 2.45) is 0 Å². The van der Waals surface area contributed by atoms with Gasteiger partial charge in [0.05, 0.1) is 6.10 Å². The van der Waals surface area contributed by atoms with Crippen LogP contribution < -0.4 is 0 Å². The average Bonchev–Trinajstić information content (AvgIpc) is 2.31. The van der Waals surface area contributed by atoms with E-state index in [2.05, 4.69) is 11.1 Å². The molecule has 1 heterocycles. The largest absolute Gasteiger partial charge is 0.392 e. The Balaban J connectivity index is 1.84. The van der Waals surface area contributed by atoms with Crippen molar-refractivity contribution >= 4 is 0 Å². The lowest BCUT2D eigenvalue weighted by molar-refractivity contribution is 0.172. The lowest BCUT2D eigenvalue weighted by atomic mass is 9.94. The smallest absolute Gasteiger partial charge is 0.0632 e. The van der Waals surface area contributed by atoms with E-state index in [0.29, 0.717) is 6.42 Å². The average molecular weight is 217 g/mol. The summed E-state index contributed by atoms with van der Waals surface area (Å²) in [6.45, 7) is 0. The van der Waals surface area contributed by atoms with Gasteiger partial charge in [-0.05, 0) is 44.2 Å². The molecule has 0 bridgehead atoms. The van der Waals surface area contributed by atoms with E-state index in [4.69, 9.17) is 0 Å². The van der Waals surface area contributed by atoms with Crippen molar-refractivity contribution in [3.05, 3.63) is 41.7 Å². The number of aromatic nitrogens is 1. The Morgan fingerprint density at radius 3 is 2.88 bits per heavy atom. The van der Waals surface area contributed by atoms with Gasteiger partial charge in [-0.3, -0.25) is 4.98 Å². The topological polar surface area (TPSA) is 33.1 Å². The van der Waals surface area contributed by atoms with E-state index in [1.165, 1.54) is 31.3 Å². The predicted octanol–water partition coefficient (Wildman–Crippen LogP) is 2.88. The molecular formula is C14H19NO. The summed E-state index contributed by atoms with van der Waals surface area (Å²) >= 11 is 0. The minimum Gasteiger partial charge on any atom is -0.392 e. The molecule has 1 unspecified atom stereocenters. The zero-order valence-corrected chi connectivity index (χ0v) is 9.60. The molecular weight excluding hydrogens is 198 g/mol. The molecule has 0 radical (unpaired) electrons. The summed E-state index contributed by atoms with van der Waals surface area (Å²) in [7, 11) is 0. The zero-order chi connectivity index (χ0) is 11.2. The molecule has 0 saturated heterocycles. The van der Waals surface area contributed by atoms with Crippen molar-refractivity contribution in [2.45, 2.75) is 44.6 Å². The Labute approximate surface area is 97.0 Å². The van der Waals surface area contributed by atoms with Crippen LogP contribution in [0.5, 0.6) is 0 Å².